The van der Waals surface area contributed by atoms with Crippen molar-refractivity contribution in [1.82, 2.24) is 10.3 Å². The first-order chi connectivity index (χ1) is 12.1. The van der Waals surface area contributed by atoms with E-state index in [0.29, 0.717) is 18.0 Å². The maximum atomic E-state index is 12.3. The lowest BCUT2D eigenvalue weighted by molar-refractivity contribution is -0.120. The van der Waals surface area contributed by atoms with E-state index in [0.717, 1.165) is 34.3 Å². The van der Waals surface area contributed by atoms with Crippen LogP contribution in [0.1, 0.15) is 24.0 Å². The number of hydrogen-bond acceptors (Lipinski definition) is 1. The van der Waals surface area contributed by atoms with Gasteiger partial charge in [-0.15, -0.1) is 0 Å². The van der Waals surface area contributed by atoms with Crippen molar-refractivity contribution in [2.45, 2.75) is 24.7 Å². The molecule has 0 atom stereocenters. The Balaban J connectivity index is 1.45. The first kappa shape index (κ1) is 16.5. The second kappa shape index (κ2) is 6.40. The lowest BCUT2D eigenvalue weighted by Gasteiger charge is -2.16. The maximum absolute atomic E-state index is 12.3. The molecule has 2 N–H and O–H groups in total. The summed E-state index contributed by atoms with van der Waals surface area (Å²) in [6.07, 6.45) is 4.58. The van der Waals surface area contributed by atoms with Gasteiger partial charge >= 0.3 is 0 Å². The lowest BCUT2D eigenvalue weighted by Crippen LogP contribution is -2.33. The highest BCUT2D eigenvalue weighted by Gasteiger charge is 2.45. The smallest absolute Gasteiger partial charge is 0.224 e. The zero-order chi connectivity index (χ0) is 17.4. The van der Waals surface area contributed by atoms with Gasteiger partial charge in [0.2, 0.25) is 5.91 Å². The molecule has 5 heteroatoms. The molecule has 4 rings (SSSR count). The molecule has 1 aromatic heterocycles. The van der Waals surface area contributed by atoms with Crippen LogP contribution < -0.4 is 5.32 Å². The molecule has 25 heavy (non-hydrogen) atoms. The Morgan fingerprint density at radius 1 is 1.08 bits per heavy atom. The zero-order valence-corrected chi connectivity index (χ0v) is 15.1. The molecule has 0 bridgehead atoms. The van der Waals surface area contributed by atoms with Gasteiger partial charge < -0.3 is 10.3 Å². The molecule has 2 aromatic carbocycles. The number of nitrogens with one attached hydrogen (secondary N) is 2. The van der Waals surface area contributed by atoms with Gasteiger partial charge in [0, 0.05) is 39.1 Å². The SMILES string of the molecule is O=C(Cc1ccc(Cl)cc1)NCC1(c2c[nH]c3ccc(Cl)cc23)CC1. The number of fused-ring (bicyclic) bond motifs is 1. The highest BCUT2D eigenvalue weighted by Crippen LogP contribution is 2.50. The van der Waals surface area contributed by atoms with Gasteiger partial charge in [-0.2, -0.15) is 0 Å². The van der Waals surface area contributed by atoms with E-state index < -0.39 is 0 Å². The molecule has 0 unspecified atom stereocenters. The van der Waals surface area contributed by atoms with Crippen molar-refractivity contribution in [2.75, 3.05) is 6.54 Å². The molecule has 0 radical (unpaired) electrons. The van der Waals surface area contributed by atoms with Crippen LogP contribution in [0, 0.1) is 0 Å². The third-order valence-corrected chi connectivity index (χ3v) is 5.46. The van der Waals surface area contributed by atoms with Crippen LogP contribution in [0.5, 0.6) is 0 Å². The summed E-state index contributed by atoms with van der Waals surface area (Å²) < 4.78 is 0. The van der Waals surface area contributed by atoms with Crippen LogP contribution in [0.4, 0.5) is 0 Å². The first-order valence-corrected chi connectivity index (χ1v) is 9.10. The molecule has 1 aliphatic carbocycles. The van der Waals surface area contributed by atoms with Crippen molar-refractivity contribution < 1.29 is 4.79 Å². The minimum atomic E-state index is 0.0264. The van der Waals surface area contributed by atoms with E-state index in [4.69, 9.17) is 23.2 Å². The van der Waals surface area contributed by atoms with Crippen LogP contribution in [-0.2, 0) is 16.6 Å². The number of carbonyl (C=O) groups excluding carboxylic acids is 1. The number of carbonyl (C=O) groups is 1. The molecular weight excluding hydrogens is 355 g/mol. The minimum absolute atomic E-state index is 0.0264. The fourth-order valence-corrected chi connectivity index (χ4v) is 3.64. The molecule has 0 saturated heterocycles. The minimum Gasteiger partial charge on any atom is -0.361 e. The Morgan fingerprint density at radius 2 is 1.80 bits per heavy atom. The Bertz CT molecular complexity index is 927. The Hall–Kier alpha value is -1.97. The standard InChI is InChI=1S/C20H18Cl2N2O/c21-14-3-1-13(2-4-14)9-19(25)24-12-20(7-8-20)17-11-23-18-6-5-15(22)10-16(17)18/h1-6,10-11,23H,7-9,12H2,(H,24,25). The number of aromatic nitrogens is 1. The van der Waals surface area contributed by atoms with Crippen molar-refractivity contribution in [3.8, 4) is 0 Å². The van der Waals surface area contributed by atoms with Crippen LogP contribution in [0.25, 0.3) is 10.9 Å². The molecule has 1 heterocycles. The zero-order valence-electron chi connectivity index (χ0n) is 13.6. The molecule has 3 nitrogen and oxygen atoms in total. The Kier molecular flexibility index (Phi) is 4.22. The second-order valence-electron chi connectivity index (χ2n) is 6.75. The van der Waals surface area contributed by atoms with Crippen molar-refractivity contribution >= 4 is 40.0 Å². The van der Waals surface area contributed by atoms with Crippen LogP contribution >= 0.6 is 23.2 Å². The third kappa shape index (κ3) is 3.39. The van der Waals surface area contributed by atoms with Gasteiger partial charge in [0.1, 0.15) is 0 Å². The molecule has 0 aliphatic heterocycles. The molecule has 1 fully saturated rings. The fraction of sp³-hybridized carbons (Fsp3) is 0.250. The molecular formula is C20H18Cl2N2O. The topological polar surface area (TPSA) is 44.9 Å². The Morgan fingerprint density at radius 3 is 2.52 bits per heavy atom. The molecule has 3 aromatic rings. The average molecular weight is 373 g/mol. The summed E-state index contributed by atoms with van der Waals surface area (Å²) in [7, 11) is 0. The van der Waals surface area contributed by atoms with E-state index in [2.05, 4.69) is 16.5 Å². The summed E-state index contributed by atoms with van der Waals surface area (Å²) in [6.45, 7) is 0.652. The number of rotatable bonds is 5. The predicted molar refractivity (Wildman–Crippen MR) is 102 cm³/mol. The van der Waals surface area contributed by atoms with E-state index in [9.17, 15) is 4.79 Å². The molecule has 1 saturated carbocycles. The number of halogens is 2. The van der Waals surface area contributed by atoms with Gasteiger partial charge in [-0.25, -0.2) is 0 Å². The van der Waals surface area contributed by atoms with Crippen LogP contribution in [0.15, 0.2) is 48.7 Å². The predicted octanol–water partition coefficient (Wildman–Crippen LogP) is 4.87. The quantitative estimate of drug-likeness (QED) is 0.659. The number of H-pyrrole nitrogens is 1. The summed E-state index contributed by atoms with van der Waals surface area (Å²) in [5.74, 6) is 0.0338. The Labute approximate surface area is 156 Å². The van der Waals surface area contributed by atoms with E-state index in [1.807, 2.05) is 42.5 Å². The number of aromatic amines is 1. The van der Waals surface area contributed by atoms with Crippen LogP contribution in [0.2, 0.25) is 10.0 Å². The third-order valence-electron chi connectivity index (χ3n) is 4.97. The molecule has 1 amide bonds. The molecule has 0 spiro atoms. The van der Waals surface area contributed by atoms with Gasteiger partial charge in [0.05, 0.1) is 6.42 Å². The summed E-state index contributed by atoms with van der Waals surface area (Å²) in [6, 6.07) is 13.3. The molecule has 128 valence electrons. The van der Waals surface area contributed by atoms with Gasteiger partial charge in [-0.1, -0.05) is 35.3 Å². The van der Waals surface area contributed by atoms with Crippen LogP contribution in [-0.4, -0.2) is 17.4 Å². The van der Waals surface area contributed by atoms with Crippen molar-refractivity contribution in [3.05, 3.63) is 69.8 Å². The molecule has 1 aliphatic rings. The van der Waals surface area contributed by atoms with Gasteiger partial charge in [-0.05, 0) is 54.3 Å². The number of hydrogen-bond donors (Lipinski definition) is 2. The van der Waals surface area contributed by atoms with Crippen LogP contribution in [0.3, 0.4) is 0 Å². The van der Waals surface area contributed by atoms with E-state index in [1.165, 1.54) is 5.56 Å². The van der Waals surface area contributed by atoms with E-state index in [1.54, 1.807) is 0 Å². The highest BCUT2D eigenvalue weighted by molar-refractivity contribution is 6.31. The van der Waals surface area contributed by atoms with E-state index in [-0.39, 0.29) is 11.3 Å². The fourth-order valence-electron chi connectivity index (χ4n) is 3.34. The number of amides is 1. The monoisotopic (exact) mass is 372 g/mol. The summed E-state index contributed by atoms with van der Waals surface area (Å²) in [5, 5.41) is 5.66. The van der Waals surface area contributed by atoms with Crippen molar-refractivity contribution in [1.29, 1.82) is 0 Å². The second-order valence-corrected chi connectivity index (χ2v) is 7.63. The van der Waals surface area contributed by atoms with Gasteiger partial charge in [-0.3, -0.25) is 4.79 Å². The normalized spacial score (nSPS) is 15.3. The van der Waals surface area contributed by atoms with Gasteiger partial charge in [0.25, 0.3) is 0 Å². The number of benzene rings is 2. The van der Waals surface area contributed by atoms with Crippen molar-refractivity contribution in [3.63, 3.8) is 0 Å². The average Bonchev–Trinajstić information content (AvgIpc) is 3.27. The summed E-state index contributed by atoms with van der Waals surface area (Å²) in [5.41, 5.74) is 3.32. The highest BCUT2D eigenvalue weighted by atomic mass is 35.5. The maximum Gasteiger partial charge on any atom is 0.224 e. The van der Waals surface area contributed by atoms with E-state index >= 15 is 0 Å². The summed E-state index contributed by atoms with van der Waals surface area (Å²) in [4.78, 5) is 15.6. The lowest BCUT2D eigenvalue weighted by atomic mass is 9.95. The summed E-state index contributed by atoms with van der Waals surface area (Å²) >= 11 is 12.0. The van der Waals surface area contributed by atoms with Crippen molar-refractivity contribution in [2.24, 2.45) is 0 Å². The van der Waals surface area contributed by atoms with Gasteiger partial charge in [0.15, 0.2) is 0 Å². The first-order valence-electron chi connectivity index (χ1n) is 8.34. The largest absolute Gasteiger partial charge is 0.361 e.